The smallest absolute Gasteiger partial charge is 0.186 e. The number of nitrogens with zero attached hydrogens (tertiary/aromatic N) is 2. The molecule has 20 heavy (non-hydrogen) atoms. The summed E-state index contributed by atoms with van der Waals surface area (Å²) in [6.07, 6.45) is 2.65. The van der Waals surface area contributed by atoms with Gasteiger partial charge in [-0.25, -0.2) is 4.98 Å². The Morgan fingerprint density at radius 1 is 1.45 bits per heavy atom. The van der Waals surface area contributed by atoms with Crippen LogP contribution in [0.3, 0.4) is 0 Å². The van der Waals surface area contributed by atoms with E-state index in [1.165, 1.54) is 28.5 Å². The molecule has 1 fully saturated rings. The van der Waals surface area contributed by atoms with Gasteiger partial charge in [-0.05, 0) is 25.7 Å². The largest absolute Gasteiger partial charge is 0.383 e. The van der Waals surface area contributed by atoms with Crippen LogP contribution < -0.4 is 10.2 Å². The Labute approximate surface area is 126 Å². The summed E-state index contributed by atoms with van der Waals surface area (Å²) in [7, 11) is 1.74. The van der Waals surface area contributed by atoms with Gasteiger partial charge in [0.25, 0.3) is 0 Å². The number of rotatable bonds is 9. The maximum atomic E-state index is 5.08. The number of methoxy groups -OCH3 is 1. The molecule has 0 spiro atoms. The number of anilines is 1. The van der Waals surface area contributed by atoms with E-state index in [9.17, 15) is 0 Å². The monoisotopic (exact) mass is 297 g/mol. The van der Waals surface area contributed by atoms with Crippen molar-refractivity contribution in [1.82, 2.24) is 10.3 Å². The second-order valence-electron chi connectivity index (χ2n) is 5.65. The molecular weight excluding hydrogens is 270 g/mol. The van der Waals surface area contributed by atoms with E-state index in [-0.39, 0.29) is 0 Å². The molecule has 0 amide bonds. The van der Waals surface area contributed by atoms with Gasteiger partial charge in [-0.1, -0.05) is 13.8 Å². The molecule has 0 atom stereocenters. The highest BCUT2D eigenvalue weighted by atomic mass is 32.1. The van der Waals surface area contributed by atoms with Crippen LogP contribution in [0.15, 0.2) is 0 Å². The zero-order valence-corrected chi connectivity index (χ0v) is 13.9. The van der Waals surface area contributed by atoms with Crippen LogP contribution in [-0.4, -0.2) is 37.8 Å². The van der Waals surface area contributed by atoms with Crippen LogP contribution in [0, 0.1) is 0 Å². The Morgan fingerprint density at radius 2 is 2.20 bits per heavy atom. The van der Waals surface area contributed by atoms with Gasteiger partial charge in [0.1, 0.15) is 0 Å². The second kappa shape index (κ2) is 7.38. The third kappa shape index (κ3) is 3.93. The fourth-order valence-electron chi connectivity index (χ4n) is 2.36. The van der Waals surface area contributed by atoms with Crippen LogP contribution in [0.1, 0.15) is 50.1 Å². The third-order valence-electron chi connectivity index (χ3n) is 3.61. The molecule has 1 N–H and O–H groups in total. The zero-order chi connectivity index (χ0) is 14.5. The van der Waals surface area contributed by atoms with E-state index in [1.807, 2.05) is 11.3 Å². The van der Waals surface area contributed by atoms with E-state index < -0.39 is 0 Å². The molecule has 1 aliphatic carbocycles. The van der Waals surface area contributed by atoms with Crippen molar-refractivity contribution in [2.45, 2.75) is 52.1 Å². The number of thiazole rings is 1. The molecule has 1 aliphatic rings. The van der Waals surface area contributed by atoms with Crippen molar-refractivity contribution < 1.29 is 4.74 Å². The Morgan fingerprint density at radius 3 is 2.75 bits per heavy atom. The van der Waals surface area contributed by atoms with Crippen molar-refractivity contribution in [3.8, 4) is 0 Å². The Hall–Kier alpha value is -0.650. The quantitative estimate of drug-likeness (QED) is 0.711. The summed E-state index contributed by atoms with van der Waals surface area (Å²) in [4.78, 5) is 8.76. The molecule has 1 aromatic rings. The number of hydrogen-bond acceptors (Lipinski definition) is 5. The van der Waals surface area contributed by atoms with Gasteiger partial charge in [0.05, 0.1) is 12.3 Å². The number of hydrogen-bond donors (Lipinski definition) is 1. The van der Waals surface area contributed by atoms with E-state index in [0.29, 0.717) is 5.92 Å². The van der Waals surface area contributed by atoms with E-state index in [4.69, 9.17) is 9.72 Å². The summed E-state index contributed by atoms with van der Waals surface area (Å²) >= 11 is 1.86. The lowest BCUT2D eigenvalue weighted by molar-refractivity contribution is 0.199. The fourth-order valence-corrected chi connectivity index (χ4v) is 3.68. The molecule has 0 unspecified atom stereocenters. The van der Waals surface area contributed by atoms with Crippen LogP contribution in [0.5, 0.6) is 0 Å². The summed E-state index contributed by atoms with van der Waals surface area (Å²) in [5.74, 6) is 0.483. The van der Waals surface area contributed by atoms with Crippen LogP contribution >= 0.6 is 11.3 Å². The first-order valence-electron chi connectivity index (χ1n) is 7.63. The Kier molecular flexibility index (Phi) is 5.81. The molecule has 4 nitrogen and oxygen atoms in total. The molecule has 0 radical (unpaired) electrons. The lowest BCUT2D eigenvalue weighted by Gasteiger charge is -2.18. The highest BCUT2D eigenvalue weighted by molar-refractivity contribution is 7.15. The lowest BCUT2D eigenvalue weighted by Crippen LogP contribution is -2.24. The van der Waals surface area contributed by atoms with Crippen LogP contribution in [0.4, 0.5) is 5.13 Å². The van der Waals surface area contributed by atoms with Gasteiger partial charge < -0.3 is 15.0 Å². The first-order valence-corrected chi connectivity index (χ1v) is 8.44. The zero-order valence-electron chi connectivity index (χ0n) is 13.1. The lowest BCUT2D eigenvalue weighted by atomic mass is 10.1. The minimum atomic E-state index is 0.483. The molecule has 0 bridgehead atoms. The van der Waals surface area contributed by atoms with Crippen molar-refractivity contribution in [1.29, 1.82) is 0 Å². The first kappa shape index (κ1) is 15.7. The normalized spacial score (nSPS) is 15.1. The van der Waals surface area contributed by atoms with Crippen LogP contribution in [0.2, 0.25) is 0 Å². The molecule has 0 aliphatic heterocycles. The predicted octanol–water partition coefficient (Wildman–Crippen LogP) is 2.99. The molecule has 0 saturated heterocycles. The van der Waals surface area contributed by atoms with Gasteiger partial charge >= 0.3 is 0 Å². The second-order valence-corrected chi connectivity index (χ2v) is 6.71. The third-order valence-corrected chi connectivity index (χ3v) is 4.71. The molecule has 114 valence electrons. The number of aromatic nitrogens is 1. The first-order chi connectivity index (χ1) is 9.67. The molecular formula is C15H27N3OS. The van der Waals surface area contributed by atoms with E-state index in [1.54, 1.807) is 7.11 Å². The van der Waals surface area contributed by atoms with Crippen LogP contribution in [0.25, 0.3) is 0 Å². The van der Waals surface area contributed by atoms with Crippen molar-refractivity contribution in [3.63, 3.8) is 0 Å². The summed E-state index contributed by atoms with van der Waals surface area (Å²) in [6.45, 7) is 10.3. The van der Waals surface area contributed by atoms with Gasteiger partial charge in [-0.15, -0.1) is 11.3 Å². The van der Waals surface area contributed by atoms with Gasteiger partial charge in [0, 0.05) is 37.7 Å². The standard InChI is InChI=1S/C15H27N3OS/c1-5-18(12-6-7-12)15-17-14(11(2)3)13(20-15)10-16-8-9-19-4/h11-12,16H,5-10H2,1-4H3. The van der Waals surface area contributed by atoms with Gasteiger partial charge in [0.15, 0.2) is 5.13 Å². The average Bonchev–Trinajstić information content (AvgIpc) is 3.16. The van der Waals surface area contributed by atoms with E-state index in [0.717, 1.165) is 32.3 Å². The number of nitrogens with one attached hydrogen (secondary N) is 1. The minimum Gasteiger partial charge on any atom is -0.383 e. The van der Waals surface area contributed by atoms with Crippen molar-refractivity contribution in [2.75, 3.05) is 31.7 Å². The Balaban J connectivity index is 2.06. The maximum absolute atomic E-state index is 5.08. The van der Waals surface area contributed by atoms with E-state index in [2.05, 4.69) is 31.0 Å². The Bertz CT molecular complexity index is 415. The van der Waals surface area contributed by atoms with Crippen molar-refractivity contribution >= 4 is 16.5 Å². The molecule has 2 rings (SSSR count). The highest BCUT2D eigenvalue weighted by Crippen LogP contribution is 2.36. The summed E-state index contributed by atoms with van der Waals surface area (Å²) < 4.78 is 5.08. The molecule has 1 heterocycles. The van der Waals surface area contributed by atoms with Crippen molar-refractivity contribution in [3.05, 3.63) is 10.6 Å². The summed E-state index contributed by atoms with van der Waals surface area (Å²) in [5.41, 5.74) is 1.26. The maximum Gasteiger partial charge on any atom is 0.186 e. The summed E-state index contributed by atoms with van der Waals surface area (Å²) in [5, 5.41) is 4.65. The van der Waals surface area contributed by atoms with Gasteiger partial charge in [-0.2, -0.15) is 0 Å². The molecule has 5 heteroatoms. The molecule has 0 aromatic carbocycles. The number of ether oxygens (including phenoxy) is 1. The summed E-state index contributed by atoms with van der Waals surface area (Å²) in [6, 6.07) is 0.737. The van der Waals surface area contributed by atoms with Crippen LogP contribution in [-0.2, 0) is 11.3 Å². The average molecular weight is 297 g/mol. The van der Waals surface area contributed by atoms with Gasteiger partial charge in [0.2, 0.25) is 0 Å². The van der Waals surface area contributed by atoms with E-state index >= 15 is 0 Å². The SMILES string of the molecule is CCN(c1nc(C(C)C)c(CNCCOC)s1)C1CC1. The molecule has 1 saturated carbocycles. The topological polar surface area (TPSA) is 37.4 Å². The fraction of sp³-hybridized carbons (Fsp3) is 0.800. The molecule has 1 aromatic heterocycles. The predicted molar refractivity (Wildman–Crippen MR) is 85.8 cm³/mol. The minimum absolute atomic E-state index is 0.483. The highest BCUT2D eigenvalue weighted by Gasteiger charge is 2.30. The van der Waals surface area contributed by atoms with Gasteiger partial charge in [-0.3, -0.25) is 0 Å². The van der Waals surface area contributed by atoms with Crippen molar-refractivity contribution in [2.24, 2.45) is 0 Å².